The number of nitrogens with two attached hydrogens (primary N) is 1. The van der Waals surface area contributed by atoms with Gasteiger partial charge in [-0.2, -0.15) is 0 Å². The second kappa shape index (κ2) is 3.77. The highest BCUT2D eigenvalue weighted by atomic mass is 79.9. The minimum Gasteiger partial charge on any atom is -0.368 e. The van der Waals surface area contributed by atoms with Gasteiger partial charge in [-0.15, -0.1) is 0 Å². The predicted molar refractivity (Wildman–Crippen MR) is 48.6 cm³/mol. The molecule has 2 N–H and O–H groups in total. The number of ether oxygens (including phenoxy) is 1. The molecule has 1 rings (SSSR count). The molecule has 5 nitrogen and oxygen atoms in total. The maximum Gasteiger partial charge on any atom is 0.247 e. The number of aliphatic imine (C=N–C) groups is 2. The highest BCUT2D eigenvalue weighted by molar-refractivity contribution is 9.19. The lowest BCUT2D eigenvalue weighted by Gasteiger charge is -2.19. The first-order valence-corrected chi connectivity index (χ1v) is 4.03. The molecule has 0 aliphatic carbocycles. The van der Waals surface area contributed by atoms with E-state index in [-0.39, 0.29) is 0 Å². The SMILES string of the molecule is COC1N=CC(Br)=NC1C(N)=O. The Morgan fingerprint density at radius 2 is 2.50 bits per heavy atom. The van der Waals surface area contributed by atoms with Crippen LogP contribution in [-0.4, -0.2) is 36.1 Å². The van der Waals surface area contributed by atoms with Crippen molar-refractivity contribution < 1.29 is 9.53 Å². The first-order chi connectivity index (χ1) is 5.65. The van der Waals surface area contributed by atoms with E-state index >= 15 is 0 Å². The summed E-state index contributed by atoms with van der Waals surface area (Å²) in [6, 6.07) is -0.727. The molecule has 0 aromatic carbocycles. The van der Waals surface area contributed by atoms with Gasteiger partial charge in [0.25, 0.3) is 0 Å². The number of carbonyl (C=O) groups excluding carboxylic acids is 1. The van der Waals surface area contributed by atoms with Gasteiger partial charge in [0, 0.05) is 7.11 Å². The van der Waals surface area contributed by atoms with Gasteiger partial charge in [-0.3, -0.25) is 14.8 Å². The Balaban J connectivity index is 2.81. The van der Waals surface area contributed by atoms with Gasteiger partial charge in [0.1, 0.15) is 4.62 Å². The van der Waals surface area contributed by atoms with Crippen LogP contribution >= 0.6 is 15.9 Å². The van der Waals surface area contributed by atoms with Crippen molar-refractivity contribution in [1.82, 2.24) is 0 Å². The molecule has 0 radical (unpaired) electrons. The molecular weight excluding hydrogens is 226 g/mol. The predicted octanol–water partition coefficient (Wildman–Crippen LogP) is -0.309. The zero-order valence-electron chi connectivity index (χ0n) is 6.40. The average Bonchev–Trinajstić information content (AvgIpc) is 2.04. The minimum atomic E-state index is -0.727. The number of primary amides is 1. The molecule has 2 atom stereocenters. The molecule has 1 amide bonds. The molecule has 1 aliphatic heterocycles. The fraction of sp³-hybridized carbons (Fsp3) is 0.500. The third-order valence-electron chi connectivity index (χ3n) is 1.39. The number of hydrogen-bond donors (Lipinski definition) is 1. The molecule has 1 heterocycles. The van der Waals surface area contributed by atoms with Gasteiger partial charge in [0.05, 0.1) is 6.21 Å². The molecular formula is C6H8BrN3O2. The van der Waals surface area contributed by atoms with Crippen LogP contribution in [0.1, 0.15) is 0 Å². The normalized spacial score (nSPS) is 28.3. The lowest BCUT2D eigenvalue weighted by Crippen LogP contribution is -2.40. The van der Waals surface area contributed by atoms with Crippen LogP contribution in [-0.2, 0) is 9.53 Å². The van der Waals surface area contributed by atoms with Gasteiger partial charge in [-0.05, 0) is 15.9 Å². The summed E-state index contributed by atoms with van der Waals surface area (Å²) in [6.07, 6.45) is 0.886. The smallest absolute Gasteiger partial charge is 0.247 e. The van der Waals surface area contributed by atoms with Crippen LogP contribution in [0.5, 0.6) is 0 Å². The maximum absolute atomic E-state index is 10.8. The third kappa shape index (κ3) is 1.89. The number of methoxy groups -OCH3 is 1. The van der Waals surface area contributed by atoms with E-state index in [0.29, 0.717) is 4.62 Å². The Labute approximate surface area is 77.8 Å². The van der Waals surface area contributed by atoms with E-state index in [1.807, 2.05) is 0 Å². The number of rotatable bonds is 2. The van der Waals surface area contributed by atoms with Gasteiger partial charge in [-0.1, -0.05) is 0 Å². The summed E-state index contributed by atoms with van der Waals surface area (Å²) in [7, 11) is 1.45. The highest BCUT2D eigenvalue weighted by Crippen LogP contribution is 2.10. The largest absolute Gasteiger partial charge is 0.368 e. The summed E-state index contributed by atoms with van der Waals surface area (Å²) in [5.41, 5.74) is 5.07. The molecule has 0 saturated carbocycles. The summed E-state index contributed by atoms with van der Waals surface area (Å²) >= 11 is 3.09. The Morgan fingerprint density at radius 3 is 3.00 bits per heavy atom. The van der Waals surface area contributed by atoms with Crippen LogP contribution < -0.4 is 5.73 Å². The summed E-state index contributed by atoms with van der Waals surface area (Å²) in [5.74, 6) is -0.546. The van der Waals surface area contributed by atoms with Gasteiger partial charge >= 0.3 is 0 Å². The highest BCUT2D eigenvalue weighted by Gasteiger charge is 2.27. The van der Waals surface area contributed by atoms with E-state index in [4.69, 9.17) is 10.5 Å². The zero-order chi connectivity index (χ0) is 9.14. The van der Waals surface area contributed by atoms with Crippen LogP contribution in [0.25, 0.3) is 0 Å². The number of amides is 1. The van der Waals surface area contributed by atoms with Crippen LogP contribution in [0.2, 0.25) is 0 Å². The van der Waals surface area contributed by atoms with Crippen molar-refractivity contribution in [2.75, 3.05) is 7.11 Å². The Bertz CT molecular complexity index is 251. The summed E-state index contributed by atoms with van der Waals surface area (Å²) in [6.45, 7) is 0. The fourth-order valence-electron chi connectivity index (χ4n) is 0.840. The summed E-state index contributed by atoms with van der Waals surface area (Å²) in [5, 5.41) is 0. The zero-order valence-corrected chi connectivity index (χ0v) is 7.98. The minimum absolute atomic E-state index is 0.500. The van der Waals surface area contributed by atoms with E-state index in [1.54, 1.807) is 0 Å². The average molecular weight is 234 g/mol. The first-order valence-electron chi connectivity index (χ1n) is 3.23. The van der Waals surface area contributed by atoms with Crippen molar-refractivity contribution in [3.05, 3.63) is 0 Å². The summed E-state index contributed by atoms with van der Waals surface area (Å²) < 4.78 is 5.39. The number of nitrogens with zero attached hydrogens (tertiary/aromatic N) is 2. The second-order valence-electron chi connectivity index (χ2n) is 2.20. The van der Waals surface area contributed by atoms with Crippen LogP contribution in [0.15, 0.2) is 9.98 Å². The number of hydrogen-bond acceptors (Lipinski definition) is 4. The molecule has 0 fully saturated rings. The van der Waals surface area contributed by atoms with Crippen molar-refractivity contribution in [3.63, 3.8) is 0 Å². The lowest BCUT2D eigenvalue weighted by atomic mass is 10.2. The van der Waals surface area contributed by atoms with Crippen molar-refractivity contribution in [2.45, 2.75) is 12.3 Å². The van der Waals surface area contributed by atoms with Crippen LogP contribution in [0.4, 0.5) is 0 Å². The molecule has 1 aliphatic rings. The molecule has 0 aromatic rings. The monoisotopic (exact) mass is 233 g/mol. The summed E-state index contributed by atoms with van der Waals surface area (Å²) in [4.78, 5) is 18.6. The molecule has 0 spiro atoms. The Hall–Kier alpha value is -0.750. The van der Waals surface area contributed by atoms with E-state index in [0.717, 1.165) is 0 Å². The van der Waals surface area contributed by atoms with Gasteiger partial charge < -0.3 is 10.5 Å². The van der Waals surface area contributed by atoms with Gasteiger partial charge in [-0.25, -0.2) is 0 Å². The van der Waals surface area contributed by atoms with Crippen LogP contribution in [0, 0.1) is 0 Å². The standard InChI is InChI=1S/C6H8BrN3O2/c1-12-6-4(5(8)11)10-3(7)2-9-6/h2,4,6H,1H3,(H2,8,11). The molecule has 12 heavy (non-hydrogen) atoms. The van der Waals surface area contributed by atoms with Crippen molar-refractivity contribution in [1.29, 1.82) is 0 Å². The lowest BCUT2D eigenvalue weighted by molar-refractivity contribution is -0.121. The molecule has 6 heteroatoms. The van der Waals surface area contributed by atoms with Crippen molar-refractivity contribution in [2.24, 2.45) is 15.7 Å². The quantitative estimate of drug-likeness (QED) is 0.711. The topological polar surface area (TPSA) is 77.0 Å². The molecule has 66 valence electrons. The van der Waals surface area contributed by atoms with Gasteiger partial charge in [0.15, 0.2) is 12.3 Å². The Kier molecular flexibility index (Phi) is 2.93. The third-order valence-corrected chi connectivity index (χ3v) is 1.80. The fourth-order valence-corrected chi connectivity index (χ4v) is 1.18. The van der Waals surface area contributed by atoms with Crippen molar-refractivity contribution >= 4 is 32.7 Å². The van der Waals surface area contributed by atoms with E-state index in [1.165, 1.54) is 13.3 Å². The first kappa shape index (κ1) is 9.34. The van der Waals surface area contributed by atoms with Crippen LogP contribution in [0.3, 0.4) is 0 Å². The second-order valence-corrected chi connectivity index (χ2v) is 3.02. The number of carbonyl (C=O) groups is 1. The van der Waals surface area contributed by atoms with E-state index in [2.05, 4.69) is 25.9 Å². The molecule has 0 saturated heterocycles. The van der Waals surface area contributed by atoms with Crippen molar-refractivity contribution in [3.8, 4) is 0 Å². The molecule has 0 bridgehead atoms. The van der Waals surface area contributed by atoms with Gasteiger partial charge in [0.2, 0.25) is 5.91 Å². The molecule has 0 aromatic heterocycles. The Morgan fingerprint density at radius 1 is 1.83 bits per heavy atom. The maximum atomic E-state index is 10.8. The van der Waals surface area contributed by atoms with E-state index in [9.17, 15) is 4.79 Å². The van der Waals surface area contributed by atoms with E-state index < -0.39 is 18.2 Å². The molecule has 2 unspecified atom stereocenters. The number of halogens is 1.